The molecule has 1 saturated heterocycles. The van der Waals surface area contributed by atoms with Gasteiger partial charge in [-0.05, 0) is 65.8 Å². The molecule has 0 saturated carbocycles. The van der Waals surface area contributed by atoms with Gasteiger partial charge in [-0.2, -0.15) is 0 Å². The number of ether oxygens (including phenoxy) is 2. The Morgan fingerprint density at radius 3 is 2.14 bits per heavy atom. The quantitative estimate of drug-likeness (QED) is 0.484. The van der Waals surface area contributed by atoms with Gasteiger partial charge in [0.1, 0.15) is 18.0 Å². The summed E-state index contributed by atoms with van der Waals surface area (Å²) in [6.07, 6.45) is 2.75. The fourth-order valence-electron chi connectivity index (χ4n) is 5.25. The van der Waals surface area contributed by atoms with Gasteiger partial charge in [0, 0.05) is 0 Å². The van der Waals surface area contributed by atoms with Crippen LogP contribution in [0.15, 0.2) is 72.8 Å². The maximum Gasteiger partial charge on any atom is 0.326 e. The van der Waals surface area contributed by atoms with Crippen LogP contribution in [0.3, 0.4) is 0 Å². The number of aryl methyl sites for hydroxylation is 1. The van der Waals surface area contributed by atoms with Gasteiger partial charge in [-0.3, -0.25) is 14.5 Å². The highest BCUT2D eigenvalue weighted by molar-refractivity contribution is 6.11. The summed E-state index contributed by atoms with van der Waals surface area (Å²) in [5.41, 5.74) is 1.92. The van der Waals surface area contributed by atoms with Crippen LogP contribution in [0.5, 0.6) is 11.5 Å². The Balaban J connectivity index is 1.43. The zero-order valence-corrected chi connectivity index (χ0v) is 20.8. The van der Waals surface area contributed by atoms with E-state index in [-0.39, 0.29) is 18.5 Å². The Morgan fingerprint density at radius 1 is 0.946 bits per heavy atom. The minimum atomic E-state index is -1.49. The van der Waals surface area contributed by atoms with Crippen molar-refractivity contribution < 1.29 is 23.9 Å². The molecule has 1 aliphatic carbocycles. The van der Waals surface area contributed by atoms with Gasteiger partial charge in [-0.1, -0.05) is 48.5 Å². The molecule has 0 bridgehead atoms. The monoisotopic (exact) mass is 499 g/mol. The number of rotatable bonds is 7. The third kappa shape index (κ3) is 4.39. The van der Waals surface area contributed by atoms with Crippen molar-refractivity contribution in [1.82, 2.24) is 15.5 Å². The van der Waals surface area contributed by atoms with E-state index in [0.717, 1.165) is 29.7 Å². The molecule has 2 aliphatic rings. The first-order valence-electron chi connectivity index (χ1n) is 12.3. The van der Waals surface area contributed by atoms with E-state index in [1.165, 1.54) is 5.56 Å². The van der Waals surface area contributed by atoms with Crippen molar-refractivity contribution in [3.8, 4) is 11.5 Å². The smallest absolute Gasteiger partial charge is 0.326 e. The number of benzene rings is 3. The number of carbonyl (C=O) groups is 3. The first-order valence-corrected chi connectivity index (χ1v) is 12.3. The predicted octanol–water partition coefficient (Wildman–Crippen LogP) is 3.69. The van der Waals surface area contributed by atoms with Crippen LogP contribution in [0.1, 0.15) is 41.1 Å². The van der Waals surface area contributed by atoms with E-state index in [9.17, 15) is 14.4 Å². The summed E-state index contributed by atoms with van der Waals surface area (Å²) in [4.78, 5) is 41.2. The predicted molar refractivity (Wildman–Crippen MR) is 137 cm³/mol. The number of imide groups is 1. The molecule has 0 unspecified atom stereocenters. The Morgan fingerprint density at radius 2 is 1.54 bits per heavy atom. The van der Waals surface area contributed by atoms with E-state index >= 15 is 0 Å². The lowest BCUT2D eigenvalue weighted by Crippen LogP contribution is -2.46. The summed E-state index contributed by atoms with van der Waals surface area (Å²) in [5, 5.41) is 5.91. The number of carbonyl (C=O) groups excluding carboxylic acids is 3. The molecule has 4 amide bonds. The molecular weight excluding hydrogens is 470 g/mol. The van der Waals surface area contributed by atoms with Crippen LogP contribution in [0.4, 0.5) is 4.79 Å². The van der Waals surface area contributed by atoms with Crippen molar-refractivity contribution in [1.29, 1.82) is 0 Å². The van der Waals surface area contributed by atoms with Crippen LogP contribution in [-0.2, 0) is 21.5 Å². The van der Waals surface area contributed by atoms with Gasteiger partial charge in [0.15, 0.2) is 5.54 Å². The summed E-state index contributed by atoms with van der Waals surface area (Å²) in [5.74, 6) is 0.335. The second-order valence-electron chi connectivity index (χ2n) is 9.24. The van der Waals surface area contributed by atoms with Crippen LogP contribution >= 0.6 is 0 Å². The number of hydrogen-bond acceptors (Lipinski definition) is 5. The van der Waals surface area contributed by atoms with Gasteiger partial charge in [-0.15, -0.1) is 0 Å². The number of hydrogen-bond donors (Lipinski definition) is 2. The number of methoxy groups -OCH3 is 2. The fourth-order valence-corrected chi connectivity index (χ4v) is 5.25. The second kappa shape index (κ2) is 9.97. The molecule has 0 aromatic heterocycles. The summed E-state index contributed by atoms with van der Waals surface area (Å²) in [6, 6.07) is 21.2. The fraction of sp³-hybridized carbons (Fsp3) is 0.276. The van der Waals surface area contributed by atoms with Gasteiger partial charge >= 0.3 is 6.03 Å². The zero-order valence-electron chi connectivity index (χ0n) is 20.8. The molecule has 5 rings (SSSR count). The molecule has 1 aliphatic heterocycles. The molecule has 8 heteroatoms. The molecule has 0 radical (unpaired) electrons. The minimum absolute atomic E-state index is 0.147. The van der Waals surface area contributed by atoms with Crippen molar-refractivity contribution in [2.24, 2.45) is 0 Å². The standard InChI is InChI=1S/C29H29N3O5/c1-36-22-14-10-20(11-15-22)29(21-12-16-23(37-2)17-13-21)27(34)32(28(35)31-29)18-26(33)30-25-9-5-7-19-6-3-4-8-24(19)25/h3-4,6,8,10-17,25H,5,7,9,18H2,1-2H3,(H,30,33)(H,31,35)/t25-/m0/s1. The maximum absolute atomic E-state index is 14.0. The third-order valence-corrected chi connectivity index (χ3v) is 7.16. The molecule has 8 nitrogen and oxygen atoms in total. The van der Waals surface area contributed by atoms with Crippen LogP contribution in [-0.4, -0.2) is 43.5 Å². The summed E-state index contributed by atoms with van der Waals surface area (Å²) in [7, 11) is 3.11. The molecule has 1 fully saturated rings. The lowest BCUT2D eigenvalue weighted by atomic mass is 9.82. The molecule has 0 spiro atoms. The SMILES string of the molecule is COc1ccc(C2(c3ccc(OC)cc3)NC(=O)N(CC(=O)N[C@H]3CCCc4ccccc43)C2=O)cc1. The topological polar surface area (TPSA) is 97.0 Å². The van der Waals surface area contributed by atoms with Crippen molar-refractivity contribution in [3.63, 3.8) is 0 Å². The molecule has 1 atom stereocenters. The lowest BCUT2D eigenvalue weighted by Gasteiger charge is -2.29. The molecule has 2 N–H and O–H groups in total. The van der Waals surface area contributed by atoms with Crippen LogP contribution in [0.2, 0.25) is 0 Å². The van der Waals surface area contributed by atoms with Crippen molar-refractivity contribution in [3.05, 3.63) is 95.1 Å². The number of nitrogens with one attached hydrogen (secondary N) is 2. The highest BCUT2D eigenvalue weighted by atomic mass is 16.5. The molecule has 3 aromatic carbocycles. The van der Waals surface area contributed by atoms with Crippen LogP contribution < -0.4 is 20.1 Å². The van der Waals surface area contributed by atoms with Gasteiger partial charge in [0.25, 0.3) is 5.91 Å². The van der Waals surface area contributed by atoms with Crippen LogP contribution in [0, 0.1) is 0 Å². The summed E-state index contributed by atoms with van der Waals surface area (Å²) < 4.78 is 10.5. The normalized spacial score (nSPS) is 18.1. The lowest BCUT2D eigenvalue weighted by molar-refractivity contribution is -0.134. The maximum atomic E-state index is 14.0. The number of nitrogens with zero attached hydrogens (tertiary/aromatic N) is 1. The van der Waals surface area contributed by atoms with Crippen LogP contribution in [0.25, 0.3) is 0 Å². The molecular formula is C29H29N3O5. The Kier molecular flexibility index (Phi) is 6.56. The van der Waals surface area contributed by atoms with Crippen molar-refractivity contribution >= 4 is 17.8 Å². The number of fused-ring (bicyclic) bond motifs is 1. The molecule has 190 valence electrons. The van der Waals surface area contributed by atoms with Gasteiger partial charge < -0.3 is 20.1 Å². The molecule has 1 heterocycles. The van der Waals surface area contributed by atoms with Crippen molar-refractivity contribution in [2.45, 2.75) is 30.8 Å². The van der Waals surface area contributed by atoms with E-state index in [2.05, 4.69) is 16.7 Å². The van der Waals surface area contributed by atoms with Gasteiger partial charge in [0.2, 0.25) is 5.91 Å². The Bertz CT molecular complexity index is 1270. The van der Waals surface area contributed by atoms with E-state index in [1.807, 2.05) is 18.2 Å². The zero-order chi connectivity index (χ0) is 26.0. The highest BCUT2D eigenvalue weighted by Crippen LogP contribution is 2.37. The summed E-state index contributed by atoms with van der Waals surface area (Å²) in [6.45, 7) is -0.378. The molecule has 37 heavy (non-hydrogen) atoms. The Hall–Kier alpha value is -4.33. The first-order chi connectivity index (χ1) is 18.0. The minimum Gasteiger partial charge on any atom is -0.497 e. The van der Waals surface area contributed by atoms with E-state index in [1.54, 1.807) is 62.8 Å². The average Bonchev–Trinajstić information content (AvgIpc) is 3.19. The molecule has 3 aromatic rings. The average molecular weight is 500 g/mol. The number of urea groups is 1. The summed E-state index contributed by atoms with van der Waals surface area (Å²) >= 11 is 0. The van der Waals surface area contributed by atoms with Gasteiger partial charge in [0.05, 0.1) is 20.3 Å². The first kappa shape index (κ1) is 24.4. The van der Waals surface area contributed by atoms with E-state index in [4.69, 9.17) is 9.47 Å². The third-order valence-electron chi connectivity index (χ3n) is 7.16. The van der Waals surface area contributed by atoms with Gasteiger partial charge in [-0.25, -0.2) is 4.79 Å². The van der Waals surface area contributed by atoms with Crippen molar-refractivity contribution in [2.75, 3.05) is 20.8 Å². The highest BCUT2D eigenvalue weighted by Gasteiger charge is 2.54. The largest absolute Gasteiger partial charge is 0.497 e. The van der Waals surface area contributed by atoms with E-state index < -0.39 is 17.5 Å². The second-order valence-corrected chi connectivity index (χ2v) is 9.24. The number of amides is 4. The van der Waals surface area contributed by atoms with E-state index in [0.29, 0.717) is 22.6 Å². The Labute approximate surface area is 215 Å².